The van der Waals surface area contributed by atoms with Gasteiger partial charge < -0.3 is 10.7 Å². The highest BCUT2D eigenvalue weighted by atomic mass is 79.9. The first-order chi connectivity index (χ1) is 7.80. The zero-order chi connectivity index (χ0) is 12.8. The minimum Gasteiger partial charge on any atom is -0.341 e. The first kappa shape index (κ1) is 12.4. The van der Waals surface area contributed by atoms with Gasteiger partial charge in [0.05, 0.1) is 21.6 Å². The lowest BCUT2D eigenvalue weighted by molar-refractivity contribution is -0.138. The molecule has 1 aromatic heterocycles. The van der Waals surface area contributed by atoms with Crippen LogP contribution in [0, 0.1) is 0 Å². The topological polar surface area (TPSA) is 54.7 Å². The third kappa shape index (κ3) is 2.16. The van der Waals surface area contributed by atoms with E-state index in [1.807, 2.05) is 0 Å². The number of aromatic nitrogens is 2. The second kappa shape index (κ2) is 3.99. The van der Waals surface area contributed by atoms with E-state index in [-0.39, 0.29) is 16.0 Å². The van der Waals surface area contributed by atoms with Crippen LogP contribution in [0.3, 0.4) is 0 Å². The summed E-state index contributed by atoms with van der Waals surface area (Å²) in [6.07, 6.45) is -4.40. The van der Waals surface area contributed by atoms with E-state index in [0.29, 0.717) is 11.3 Å². The van der Waals surface area contributed by atoms with Crippen LogP contribution < -0.4 is 5.73 Å². The van der Waals surface area contributed by atoms with Crippen molar-refractivity contribution in [1.82, 2.24) is 9.97 Å². The molecule has 3 nitrogen and oxygen atoms in total. The van der Waals surface area contributed by atoms with Crippen molar-refractivity contribution in [2.45, 2.75) is 19.1 Å². The predicted molar refractivity (Wildman–Crippen MR) is 61.4 cm³/mol. The van der Waals surface area contributed by atoms with Gasteiger partial charge in [0.2, 0.25) is 0 Å². The summed E-state index contributed by atoms with van der Waals surface area (Å²) in [6, 6.07) is 2.00. The highest BCUT2D eigenvalue weighted by Gasteiger charge is 2.34. The van der Waals surface area contributed by atoms with Crippen LogP contribution in [0.4, 0.5) is 13.2 Å². The first-order valence-corrected chi connectivity index (χ1v) is 5.61. The molecule has 92 valence electrons. The summed E-state index contributed by atoms with van der Waals surface area (Å²) in [6.45, 7) is 1.70. The SMILES string of the molecule is C[C@H](N)c1nc2c(Br)c(C(F)(F)F)ccc2[nH]1. The Hall–Kier alpha value is -1.08. The van der Waals surface area contributed by atoms with Crippen molar-refractivity contribution in [1.29, 1.82) is 0 Å². The molecule has 0 unspecified atom stereocenters. The van der Waals surface area contributed by atoms with Gasteiger partial charge in [0, 0.05) is 0 Å². The summed E-state index contributed by atoms with van der Waals surface area (Å²) in [5, 5.41) is 0. The number of aromatic amines is 1. The fraction of sp³-hybridized carbons (Fsp3) is 0.300. The minimum absolute atomic E-state index is 0.0642. The summed E-state index contributed by atoms with van der Waals surface area (Å²) < 4.78 is 37.9. The molecule has 0 aliphatic rings. The Bertz CT molecular complexity index is 560. The van der Waals surface area contributed by atoms with E-state index in [1.54, 1.807) is 6.92 Å². The van der Waals surface area contributed by atoms with Gasteiger partial charge in [-0.25, -0.2) is 4.98 Å². The maximum atomic E-state index is 12.6. The van der Waals surface area contributed by atoms with Crippen LogP contribution in [0.15, 0.2) is 16.6 Å². The van der Waals surface area contributed by atoms with Crippen molar-refractivity contribution < 1.29 is 13.2 Å². The van der Waals surface area contributed by atoms with E-state index < -0.39 is 11.7 Å². The second-order valence-electron chi connectivity index (χ2n) is 3.73. The molecule has 2 rings (SSSR count). The molecule has 1 atom stereocenters. The second-order valence-corrected chi connectivity index (χ2v) is 4.52. The lowest BCUT2D eigenvalue weighted by Gasteiger charge is -2.08. The standard InChI is InChI=1S/C10H9BrF3N3/c1-4(15)9-16-6-3-2-5(10(12,13)14)7(11)8(6)17-9/h2-4H,15H2,1H3,(H,16,17)/t4-/m0/s1. The number of rotatable bonds is 1. The van der Waals surface area contributed by atoms with Crippen LogP contribution in [0.1, 0.15) is 24.4 Å². The third-order valence-corrected chi connectivity index (χ3v) is 3.15. The molecule has 3 N–H and O–H groups in total. The monoisotopic (exact) mass is 307 g/mol. The number of imidazole rings is 1. The van der Waals surface area contributed by atoms with Gasteiger partial charge in [0.15, 0.2) is 0 Å². The molecule has 0 saturated heterocycles. The summed E-state index contributed by atoms with van der Waals surface area (Å²) in [4.78, 5) is 6.94. The van der Waals surface area contributed by atoms with Crippen LogP contribution in [0.5, 0.6) is 0 Å². The van der Waals surface area contributed by atoms with E-state index in [2.05, 4.69) is 25.9 Å². The van der Waals surface area contributed by atoms with Gasteiger partial charge in [-0.3, -0.25) is 0 Å². The maximum Gasteiger partial charge on any atom is 0.417 e. The zero-order valence-electron chi connectivity index (χ0n) is 8.77. The summed E-state index contributed by atoms with van der Waals surface area (Å²) in [5.41, 5.74) is 5.65. The molecule has 0 spiro atoms. The van der Waals surface area contributed by atoms with Crippen molar-refractivity contribution in [3.63, 3.8) is 0 Å². The zero-order valence-corrected chi connectivity index (χ0v) is 10.4. The van der Waals surface area contributed by atoms with E-state index in [9.17, 15) is 13.2 Å². The Labute approximate surface area is 103 Å². The fourth-order valence-corrected chi connectivity index (χ4v) is 2.15. The number of H-pyrrole nitrogens is 1. The molecule has 17 heavy (non-hydrogen) atoms. The predicted octanol–water partition coefficient (Wildman–Crippen LogP) is 3.36. The van der Waals surface area contributed by atoms with Crippen LogP contribution in [-0.2, 0) is 6.18 Å². The van der Waals surface area contributed by atoms with E-state index >= 15 is 0 Å². The van der Waals surface area contributed by atoms with E-state index in [1.165, 1.54) is 6.07 Å². The molecule has 0 saturated carbocycles. The lowest BCUT2D eigenvalue weighted by Crippen LogP contribution is -2.06. The highest BCUT2D eigenvalue weighted by Crippen LogP contribution is 2.38. The molecule has 0 aliphatic carbocycles. The lowest BCUT2D eigenvalue weighted by atomic mass is 10.2. The van der Waals surface area contributed by atoms with Gasteiger partial charge in [-0.2, -0.15) is 13.2 Å². The molecule has 1 heterocycles. The van der Waals surface area contributed by atoms with E-state index in [0.717, 1.165) is 6.07 Å². The molecule has 0 radical (unpaired) electrons. The highest BCUT2D eigenvalue weighted by molar-refractivity contribution is 9.10. The van der Waals surface area contributed by atoms with Gasteiger partial charge in [0.25, 0.3) is 0 Å². The molecule has 0 amide bonds. The van der Waals surface area contributed by atoms with Crippen molar-refractivity contribution in [2.75, 3.05) is 0 Å². The number of nitrogens with one attached hydrogen (secondary N) is 1. The first-order valence-electron chi connectivity index (χ1n) is 4.81. The molecule has 0 bridgehead atoms. The Balaban J connectivity index is 2.67. The van der Waals surface area contributed by atoms with Gasteiger partial charge in [0.1, 0.15) is 11.3 Å². The Kier molecular flexibility index (Phi) is 2.90. The number of fused-ring (bicyclic) bond motifs is 1. The third-order valence-electron chi connectivity index (χ3n) is 2.35. The maximum absolute atomic E-state index is 12.6. The average Bonchev–Trinajstić information content (AvgIpc) is 2.60. The van der Waals surface area contributed by atoms with Crippen LogP contribution in [-0.4, -0.2) is 9.97 Å². The number of alkyl halides is 3. The molecule has 7 heteroatoms. The number of hydrogen-bond donors (Lipinski definition) is 2. The minimum atomic E-state index is -4.40. The average molecular weight is 308 g/mol. The van der Waals surface area contributed by atoms with Gasteiger partial charge >= 0.3 is 6.18 Å². The molecule has 2 aromatic rings. The number of nitrogens with two attached hydrogens (primary N) is 1. The Morgan fingerprint density at radius 2 is 2.06 bits per heavy atom. The van der Waals surface area contributed by atoms with Crippen molar-refractivity contribution >= 4 is 27.0 Å². The summed E-state index contributed by atoms with van der Waals surface area (Å²) in [5.74, 6) is 0.458. The fourth-order valence-electron chi connectivity index (χ4n) is 1.50. The van der Waals surface area contributed by atoms with Crippen molar-refractivity contribution in [2.24, 2.45) is 5.73 Å². The van der Waals surface area contributed by atoms with E-state index in [4.69, 9.17) is 5.73 Å². The largest absolute Gasteiger partial charge is 0.417 e. The number of benzene rings is 1. The van der Waals surface area contributed by atoms with Crippen molar-refractivity contribution in [3.8, 4) is 0 Å². The van der Waals surface area contributed by atoms with Gasteiger partial charge in [-0.1, -0.05) is 0 Å². The van der Waals surface area contributed by atoms with Gasteiger partial charge in [-0.15, -0.1) is 0 Å². The van der Waals surface area contributed by atoms with Gasteiger partial charge in [-0.05, 0) is 35.0 Å². The Morgan fingerprint density at radius 1 is 1.41 bits per heavy atom. The smallest absolute Gasteiger partial charge is 0.341 e. The molecular weight excluding hydrogens is 299 g/mol. The number of hydrogen-bond acceptors (Lipinski definition) is 2. The molecule has 0 aliphatic heterocycles. The molecule has 1 aromatic carbocycles. The summed E-state index contributed by atoms with van der Waals surface area (Å²) in [7, 11) is 0. The number of halogens is 4. The quantitative estimate of drug-likeness (QED) is 0.848. The summed E-state index contributed by atoms with van der Waals surface area (Å²) >= 11 is 2.94. The van der Waals surface area contributed by atoms with Crippen molar-refractivity contribution in [3.05, 3.63) is 28.0 Å². The van der Waals surface area contributed by atoms with Crippen LogP contribution >= 0.6 is 15.9 Å². The Morgan fingerprint density at radius 3 is 2.59 bits per heavy atom. The normalized spacial score (nSPS) is 14.2. The van der Waals surface area contributed by atoms with Crippen LogP contribution in [0.2, 0.25) is 0 Å². The number of nitrogens with zero attached hydrogens (tertiary/aromatic N) is 1. The molecular formula is C10H9BrF3N3. The van der Waals surface area contributed by atoms with Crippen LogP contribution in [0.25, 0.3) is 11.0 Å². The molecule has 0 fully saturated rings.